The Morgan fingerprint density at radius 3 is 2.18 bits per heavy atom. The Bertz CT molecular complexity index is 494. The third-order valence-electron chi connectivity index (χ3n) is 2.31. The summed E-state index contributed by atoms with van der Waals surface area (Å²) in [5.41, 5.74) is 0.886. The summed E-state index contributed by atoms with van der Waals surface area (Å²) < 4.78 is 24.7. The van der Waals surface area contributed by atoms with Gasteiger partial charge in [0.05, 0.1) is 4.90 Å². The third-order valence-corrected chi connectivity index (χ3v) is 4.33. The number of carbonyl (C=O) groups is 1. The lowest BCUT2D eigenvalue weighted by Crippen LogP contribution is -2.22. The van der Waals surface area contributed by atoms with E-state index in [1.807, 2.05) is 0 Å². The van der Waals surface area contributed by atoms with Crippen molar-refractivity contribution in [2.75, 3.05) is 14.1 Å². The molecule has 0 aromatic heterocycles. The van der Waals surface area contributed by atoms with Crippen molar-refractivity contribution in [1.29, 1.82) is 0 Å². The highest BCUT2D eigenvalue weighted by atomic mass is 35.5. The van der Waals surface area contributed by atoms with Crippen molar-refractivity contribution < 1.29 is 13.2 Å². The van der Waals surface area contributed by atoms with E-state index in [9.17, 15) is 13.2 Å². The molecule has 0 aliphatic carbocycles. The molecule has 0 radical (unpaired) electrons. The van der Waals surface area contributed by atoms with E-state index in [2.05, 4.69) is 0 Å². The highest BCUT2D eigenvalue weighted by Crippen LogP contribution is 2.15. The Morgan fingerprint density at radius 2 is 1.76 bits per heavy atom. The smallest absolute Gasteiger partial charge is 0.242 e. The van der Waals surface area contributed by atoms with Crippen LogP contribution >= 0.6 is 11.6 Å². The summed E-state index contributed by atoms with van der Waals surface area (Å²) in [5, 5.41) is -0.394. The first-order chi connectivity index (χ1) is 7.84. The lowest BCUT2D eigenvalue weighted by atomic mass is 10.1. The van der Waals surface area contributed by atoms with Crippen LogP contribution in [0.15, 0.2) is 29.2 Å². The second-order valence-electron chi connectivity index (χ2n) is 3.79. The lowest BCUT2D eigenvalue weighted by molar-refractivity contribution is -0.111. The summed E-state index contributed by atoms with van der Waals surface area (Å²) in [6.45, 7) is 0. The molecule has 1 rings (SSSR count). The topological polar surface area (TPSA) is 54.5 Å². The first-order valence-corrected chi connectivity index (χ1v) is 6.85. The molecule has 0 N–H and O–H groups in total. The van der Waals surface area contributed by atoms with Crippen LogP contribution in [-0.2, 0) is 21.2 Å². The van der Waals surface area contributed by atoms with Gasteiger partial charge < -0.3 is 0 Å². The van der Waals surface area contributed by atoms with E-state index in [1.165, 1.54) is 26.2 Å². The molecule has 94 valence electrons. The quantitative estimate of drug-likeness (QED) is 0.768. The van der Waals surface area contributed by atoms with Gasteiger partial charge in [0.25, 0.3) is 0 Å². The number of hydrogen-bond donors (Lipinski definition) is 0. The van der Waals surface area contributed by atoms with Gasteiger partial charge in [0, 0.05) is 20.5 Å². The first kappa shape index (κ1) is 14.2. The molecule has 0 saturated heterocycles. The Labute approximate surface area is 106 Å². The van der Waals surface area contributed by atoms with Crippen molar-refractivity contribution in [3.05, 3.63) is 29.8 Å². The highest BCUT2D eigenvalue weighted by Gasteiger charge is 2.16. The zero-order valence-electron chi connectivity index (χ0n) is 9.68. The molecule has 4 nitrogen and oxygen atoms in total. The lowest BCUT2D eigenvalue weighted by Gasteiger charge is -2.11. The van der Waals surface area contributed by atoms with Gasteiger partial charge in [-0.3, -0.25) is 4.79 Å². The van der Waals surface area contributed by atoms with Crippen LogP contribution in [0.5, 0.6) is 0 Å². The predicted octanol–water partition coefficient (Wildman–Crippen LogP) is 1.63. The molecular weight excluding hydrogens is 262 g/mol. The van der Waals surface area contributed by atoms with Crippen LogP contribution in [0.3, 0.4) is 0 Å². The average molecular weight is 276 g/mol. The molecule has 0 aliphatic heterocycles. The van der Waals surface area contributed by atoms with Crippen LogP contribution in [0.4, 0.5) is 0 Å². The van der Waals surface area contributed by atoms with Gasteiger partial charge in [0.1, 0.15) is 0 Å². The van der Waals surface area contributed by atoms with Crippen LogP contribution in [0, 0.1) is 0 Å². The van der Waals surface area contributed by atoms with Crippen LogP contribution < -0.4 is 0 Å². The summed E-state index contributed by atoms with van der Waals surface area (Å²) in [5.74, 6) is 0. The zero-order chi connectivity index (χ0) is 13.1. The van der Waals surface area contributed by atoms with Crippen LogP contribution in [0.25, 0.3) is 0 Å². The molecule has 0 atom stereocenters. The van der Waals surface area contributed by atoms with E-state index in [1.54, 1.807) is 12.1 Å². The second-order valence-corrected chi connectivity index (χ2v) is 6.36. The fraction of sp³-hybridized carbons (Fsp3) is 0.364. The van der Waals surface area contributed by atoms with Crippen LogP contribution in [0.1, 0.15) is 12.0 Å². The van der Waals surface area contributed by atoms with Crippen molar-refractivity contribution in [3.8, 4) is 0 Å². The Hall–Kier alpha value is -0.910. The van der Waals surface area contributed by atoms with Gasteiger partial charge in [0.2, 0.25) is 15.3 Å². The molecule has 6 heteroatoms. The molecule has 0 fully saturated rings. The molecule has 0 aliphatic rings. The Kier molecular flexibility index (Phi) is 4.68. The highest BCUT2D eigenvalue weighted by molar-refractivity contribution is 7.89. The monoisotopic (exact) mass is 275 g/mol. The maximum absolute atomic E-state index is 11.8. The predicted molar refractivity (Wildman–Crippen MR) is 66.5 cm³/mol. The van der Waals surface area contributed by atoms with E-state index < -0.39 is 15.3 Å². The first-order valence-electron chi connectivity index (χ1n) is 5.04. The minimum absolute atomic E-state index is 0.239. The maximum atomic E-state index is 11.8. The number of hydrogen-bond acceptors (Lipinski definition) is 3. The average Bonchev–Trinajstić information content (AvgIpc) is 2.26. The van der Waals surface area contributed by atoms with Gasteiger partial charge in [-0.2, -0.15) is 0 Å². The molecular formula is C11H14ClNO3S. The number of sulfonamides is 1. The Morgan fingerprint density at radius 1 is 1.24 bits per heavy atom. The van der Waals surface area contributed by atoms with E-state index in [-0.39, 0.29) is 11.3 Å². The number of benzene rings is 1. The second kappa shape index (κ2) is 5.62. The number of carbonyl (C=O) groups excluding carboxylic acids is 1. The Balaban J connectivity index is 2.85. The van der Waals surface area contributed by atoms with Crippen molar-refractivity contribution >= 4 is 26.9 Å². The van der Waals surface area contributed by atoms with E-state index in [0.717, 1.165) is 9.87 Å². The number of nitrogens with zero attached hydrogens (tertiary/aromatic N) is 1. The van der Waals surface area contributed by atoms with Gasteiger partial charge in [-0.15, -0.1) is 0 Å². The van der Waals surface area contributed by atoms with Crippen molar-refractivity contribution in [3.63, 3.8) is 0 Å². The zero-order valence-corrected chi connectivity index (χ0v) is 11.3. The summed E-state index contributed by atoms with van der Waals surface area (Å²) in [6.07, 6.45) is 0.770. The van der Waals surface area contributed by atoms with Crippen molar-refractivity contribution in [1.82, 2.24) is 4.31 Å². The molecule has 0 heterocycles. The fourth-order valence-electron chi connectivity index (χ4n) is 1.28. The molecule has 0 bridgehead atoms. The molecule has 1 aromatic carbocycles. The van der Waals surface area contributed by atoms with E-state index in [0.29, 0.717) is 6.42 Å². The van der Waals surface area contributed by atoms with Gasteiger partial charge in [-0.1, -0.05) is 12.1 Å². The maximum Gasteiger partial charge on any atom is 0.242 e. The van der Waals surface area contributed by atoms with Crippen molar-refractivity contribution in [2.24, 2.45) is 0 Å². The molecule has 17 heavy (non-hydrogen) atoms. The van der Waals surface area contributed by atoms with Crippen LogP contribution in [0.2, 0.25) is 0 Å². The van der Waals surface area contributed by atoms with Gasteiger partial charge in [-0.05, 0) is 35.7 Å². The molecule has 0 spiro atoms. The fourth-order valence-corrected chi connectivity index (χ4v) is 2.28. The van der Waals surface area contributed by atoms with Gasteiger partial charge in [0.15, 0.2) is 0 Å². The van der Waals surface area contributed by atoms with Crippen LogP contribution in [-0.4, -0.2) is 32.1 Å². The van der Waals surface area contributed by atoms with Gasteiger partial charge >= 0.3 is 0 Å². The molecule has 0 unspecified atom stereocenters. The standard InChI is InChI=1S/C11H14ClNO3S/c1-13(2)17(15,16)10-6-3-9(4-7-10)5-8-11(12)14/h3-4,6-7H,5,8H2,1-2H3. The largest absolute Gasteiger partial charge is 0.281 e. The van der Waals surface area contributed by atoms with E-state index >= 15 is 0 Å². The third kappa shape index (κ3) is 3.80. The number of rotatable bonds is 5. The van der Waals surface area contributed by atoms with Gasteiger partial charge in [-0.25, -0.2) is 12.7 Å². The molecule has 1 aromatic rings. The molecule has 0 amide bonds. The summed E-state index contributed by atoms with van der Waals surface area (Å²) in [6, 6.07) is 6.44. The minimum atomic E-state index is -3.38. The normalized spacial score (nSPS) is 11.8. The number of halogens is 1. The number of aryl methyl sites for hydroxylation is 1. The SMILES string of the molecule is CN(C)S(=O)(=O)c1ccc(CCC(=O)Cl)cc1. The van der Waals surface area contributed by atoms with Crippen molar-refractivity contribution in [2.45, 2.75) is 17.7 Å². The summed E-state index contributed by atoms with van der Waals surface area (Å²) >= 11 is 5.23. The van der Waals surface area contributed by atoms with E-state index in [4.69, 9.17) is 11.6 Å². The minimum Gasteiger partial charge on any atom is -0.281 e. The molecule has 0 saturated carbocycles. The summed E-state index contributed by atoms with van der Waals surface area (Å²) in [4.78, 5) is 10.8. The summed E-state index contributed by atoms with van der Waals surface area (Å²) in [7, 11) is -0.421.